The maximum absolute atomic E-state index is 12.4. The Labute approximate surface area is 156 Å². The maximum atomic E-state index is 12.4. The van der Waals surface area contributed by atoms with Crippen LogP contribution in [0.25, 0.3) is 0 Å². The standard InChI is InChI=1S/C19H18N6O2/c1-13(26)24-15-5-2-6-16(8-15)25-19(27)17-9-18(23-12-22-17)21-11-14-4-3-7-20-10-14/h2-10,12H,11H2,1H3,(H,24,26)(H,25,27)(H,21,22,23). The third-order valence-electron chi connectivity index (χ3n) is 3.54. The molecule has 0 unspecified atom stereocenters. The number of aromatic nitrogens is 3. The van der Waals surface area contributed by atoms with Crippen LogP contribution in [0.15, 0.2) is 61.2 Å². The van der Waals surface area contributed by atoms with Gasteiger partial charge >= 0.3 is 0 Å². The summed E-state index contributed by atoms with van der Waals surface area (Å²) in [6.07, 6.45) is 4.79. The Hall–Kier alpha value is -3.81. The maximum Gasteiger partial charge on any atom is 0.274 e. The summed E-state index contributed by atoms with van der Waals surface area (Å²) >= 11 is 0. The third kappa shape index (κ3) is 5.33. The number of pyridine rings is 1. The first-order valence-corrected chi connectivity index (χ1v) is 8.24. The summed E-state index contributed by atoms with van der Waals surface area (Å²) in [6.45, 7) is 1.96. The van der Waals surface area contributed by atoms with Crippen LogP contribution < -0.4 is 16.0 Å². The van der Waals surface area contributed by atoms with Crippen LogP contribution in [0.5, 0.6) is 0 Å². The third-order valence-corrected chi connectivity index (χ3v) is 3.54. The minimum absolute atomic E-state index is 0.182. The lowest BCUT2D eigenvalue weighted by Crippen LogP contribution is -2.15. The lowest BCUT2D eigenvalue weighted by molar-refractivity contribution is -0.114. The predicted octanol–water partition coefficient (Wildman–Crippen LogP) is 2.69. The molecular weight excluding hydrogens is 344 g/mol. The molecule has 0 aliphatic heterocycles. The van der Waals surface area contributed by atoms with Gasteiger partial charge in [0.25, 0.3) is 5.91 Å². The summed E-state index contributed by atoms with van der Waals surface area (Å²) in [5.41, 5.74) is 2.37. The Morgan fingerprint density at radius 2 is 1.81 bits per heavy atom. The molecule has 3 N–H and O–H groups in total. The van der Waals surface area contributed by atoms with Crippen molar-refractivity contribution in [2.24, 2.45) is 0 Å². The molecule has 1 aromatic carbocycles. The van der Waals surface area contributed by atoms with Crippen LogP contribution in [-0.4, -0.2) is 26.8 Å². The number of carbonyl (C=O) groups excluding carboxylic acids is 2. The summed E-state index contributed by atoms with van der Waals surface area (Å²) in [6, 6.07) is 12.2. The molecule has 136 valence electrons. The van der Waals surface area contributed by atoms with Gasteiger partial charge in [0.15, 0.2) is 0 Å². The second-order valence-corrected chi connectivity index (χ2v) is 5.72. The molecule has 3 aromatic rings. The van der Waals surface area contributed by atoms with Crippen molar-refractivity contribution in [1.29, 1.82) is 0 Å². The zero-order valence-electron chi connectivity index (χ0n) is 14.6. The van der Waals surface area contributed by atoms with E-state index in [0.29, 0.717) is 23.7 Å². The van der Waals surface area contributed by atoms with Crippen molar-refractivity contribution in [3.63, 3.8) is 0 Å². The van der Waals surface area contributed by atoms with Crippen LogP contribution in [0, 0.1) is 0 Å². The van der Waals surface area contributed by atoms with E-state index in [0.717, 1.165) is 5.56 Å². The quantitative estimate of drug-likeness (QED) is 0.622. The Morgan fingerprint density at radius 3 is 2.56 bits per heavy atom. The molecule has 8 heteroatoms. The van der Waals surface area contributed by atoms with Gasteiger partial charge in [-0.15, -0.1) is 0 Å². The molecule has 3 rings (SSSR count). The van der Waals surface area contributed by atoms with Crippen molar-refractivity contribution in [2.45, 2.75) is 13.5 Å². The molecule has 0 fully saturated rings. The lowest BCUT2D eigenvalue weighted by Gasteiger charge is -2.09. The van der Waals surface area contributed by atoms with E-state index in [9.17, 15) is 9.59 Å². The SMILES string of the molecule is CC(=O)Nc1cccc(NC(=O)c2cc(NCc3cccnc3)ncn2)c1. The minimum Gasteiger partial charge on any atom is -0.366 e. The molecule has 2 heterocycles. The van der Waals surface area contributed by atoms with E-state index in [1.165, 1.54) is 13.3 Å². The molecule has 0 aliphatic carbocycles. The molecule has 0 aliphatic rings. The molecule has 0 atom stereocenters. The first kappa shape index (κ1) is 18.0. The van der Waals surface area contributed by atoms with Crippen molar-refractivity contribution in [2.75, 3.05) is 16.0 Å². The van der Waals surface area contributed by atoms with E-state index in [-0.39, 0.29) is 17.5 Å². The highest BCUT2D eigenvalue weighted by atomic mass is 16.2. The van der Waals surface area contributed by atoms with E-state index in [2.05, 4.69) is 30.9 Å². The van der Waals surface area contributed by atoms with Gasteiger partial charge in [-0.25, -0.2) is 9.97 Å². The van der Waals surface area contributed by atoms with Gasteiger partial charge in [0, 0.05) is 43.3 Å². The molecule has 0 saturated carbocycles. The largest absolute Gasteiger partial charge is 0.366 e. The van der Waals surface area contributed by atoms with Crippen LogP contribution in [0.4, 0.5) is 17.2 Å². The van der Waals surface area contributed by atoms with Crippen molar-refractivity contribution < 1.29 is 9.59 Å². The van der Waals surface area contributed by atoms with Gasteiger partial charge in [-0.1, -0.05) is 12.1 Å². The monoisotopic (exact) mass is 362 g/mol. The fourth-order valence-electron chi connectivity index (χ4n) is 2.35. The average Bonchev–Trinajstić information content (AvgIpc) is 2.67. The summed E-state index contributed by atoms with van der Waals surface area (Å²) < 4.78 is 0. The fraction of sp³-hybridized carbons (Fsp3) is 0.105. The predicted molar refractivity (Wildman–Crippen MR) is 102 cm³/mol. The van der Waals surface area contributed by atoms with E-state index in [1.807, 2.05) is 12.1 Å². The number of anilines is 3. The molecule has 2 amide bonds. The van der Waals surface area contributed by atoms with E-state index in [4.69, 9.17) is 0 Å². The molecular formula is C19H18N6O2. The highest BCUT2D eigenvalue weighted by Gasteiger charge is 2.10. The first-order chi connectivity index (χ1) is 13.1. The summed E-state index contributed by atoms with van der Waals surface area (Å²) in [5.74, 6) is -0.0218. The Bertz CT molecular complexity index is 946. The number of hydrogen-bond acceptors (Lipinski definition) is 6. The van der Waals surface area contributed by atoms with Crippen LogP contribution in [-0.2, 0) is 11.3 Å². The first-order valence-electron chi connectivity index (χ1n) is 8.24. The molecule has 8 nitrogen and oxygen atoms in total. The van der Waals surface area contributed by atoms with E-state index >= 15 is 0 Å². The van der Waals surface area contributed by atoms with Crippen molar-refractivity contribution in [1.82, 2.24) is 15.0 Å². The number of hydrogen-bond donors (Lipinski definition) is 3. The van der Waals surface area contributed by atoms with Crippen LogP contribution in [0.2, 0.25) is 0 Å². The second kappa shape index (κ2) is 8.52. The number of nitrogens with one attached hydrogen (secondary N) is 3. The number of carbonyl (C=O) groups is 2. The highest BCUT2D eigenvalue weighted by Crippen LogP contribution is 2.16. The number of amides is 2. The molecule has 0 radical (unpaired) electrons. The van der Waals surface area contributed by atoms with Crippen LogP contribution in [0.3, 0.4) is 0 Å². The zero-order chi connectivity index (χ0) is 19.1. The Morgan fingerprint density at radius 1 is 1.00 bits per heavy atom. The van der Waals surface area contributed by atoms with Crippen molar-refractivity contribution in [3.05, 3.63) is 72.4 Å². The van der Waals surface area contributed by atoms with E-state index < -0.39 is 0 Å². The summed E-state index contributed by atoms with van der Waals surface area (Å²) in [5, 5.41) is 8.56. The average molecular weight is 362 g/mol. The number of nitrogens with zero attached hydrogens (tertiary/aromatic N) is 3. The minimum atomic E-state index is -0.373. The van der Waals surface area contributed by atoms with E-state index in [1.54, 1.807) is 42.7 Å². The Balaban J connectivity index is 1.65. The van der Waals surface area contributed by atoms with Gasteiger partial charge in [0.05, 0.1) is 0 Å². The topological polar surface area (TPSA) is 109 Å². The second-order valence-electron chi connectivity index (χ2n) is 5.72. The molecule has 2 aromatic heterocycles. The number of benzene rings is 1. The summed E-state index contributed by atoms with van der Waals surface area (Å²) in [7, 11) is 0. The van der Waals surface area contributed by atoms with Gasteiger partial charge in [0.1, 0.15) is 17.8 Å². The van der Waals surface area contributed by atoms with Crippen molar-refractivity contribution >= 4 is 29.0 Å². The van der Waals surface area contributed by atoms with Gasteiger partial charge in [-0.2, -0.15) is 0 Å². The summed E-state index contributed by atoms with van der Waals surface area (Å²) in [4.78, 5) is 35.8. The Kier molecular flexibility index (Phi) is 5.68. The van der Waals surface area contributed by atoms with Gasteiger partial charge in [0.2, 0.25) is 5.91 Å². The molecule has 0 bridgehead atoms. The van der Waals surface area contributed by atoms with Gasteiger partial charge in [-0.05, 0) is 29.8 Å². The normalized spacial score (nSPS) is 10.1. The van der Waals surface area contributed by atoms with Crippen LogP contribution in [0.1, 0.15) is 23.0 Å². The molecule has 27 heavy (non-hydrogen) atoms. The smallest absolute Gasteiger partial charge is 0.274 e. The van der Waals surface area contributed by atoms with Gasteiger partial charge < -0.3 is 16.0 Å². The zero-order valence-corrected chi connectivity index (χ0v) is 14.6. The molecule has 0 saturated heterocycles. The fourth-order valence-corrected chi connectivity index (χ4v) is 2.35. The molecule has 0 spiro atoms. The lowest BCUT2D eigenvalue weighted by atomic mass is 10.2. The number of rotatable bonds is 6. The van der Waals surface area contributed by atoms with Crippen molar-refractivity contribution in [3.8, 4) is 0 Å². The van der Waals surface area contributed by atoms with Gasteiger partial charge in [-0.3, -0.25) is 14.6 Å². The highest BCUT2D eigenvalue weighted by molar-refractivity contribution is 6.03. The van der Waals surface area contributed by atoms with Crippen LogP contribution >= 0.6 is 0 Å².